The summed E-state index contributed by atoms with van der Waals surface area (Å²) in [6.45, 7) is 2.01. The maximum atomic E-state index is 12.3. The highest BCUT2D eigenvalue weighted by Gasteiger charge is 2.27. The number of nitrogens with zero attached hydrogens (tertiary/aromatic N) is 1. The third-order valence-electron chi connectivity index (χ3n) is 3.88. The minimum Gasteiger partial charge on any atom is -0.490 e. The molecule has 2 amide bonds. The molecule has 158 valence electrons. The molecule has 0 saturated carbocycles. The third-order valence-corrected chi connectivity index (χ3v) is 4.47. The zero-order chi connectivity index (χ0) is 21.5. The van der Waals surface area contributed by atoms with E-state index < -0.39 is 17.9 Å². The molecule has 0 bridgehead atoms. The number of benzene rings is 2. The number of amides is 2. The van der Waals surface area contributed by atoms with E-state index in [-0.39, 0.29) is 13.2 Å². The lowest BCUT2D eigenvalue weighted by atomic mass is 10.2. The molecular weight excluding hydrogens is 458 g/mol. The number of primary amides is 1. The van der Waals surface area contributed by atoms with Crippen LogP contribution in [-0.4, -0.2) is 44.0 Å². The number of hydrazone groups is 1. The predicted octanol–water partition coefficient (Wildman–Crippen LogP) is 2.00. The van der Waals surface area contributed by atoms with Crippen molar-refractivity contribution in [1.29, 1.82) is 0 Å². The minimum atomic E-state index is -0.813. The van der Waals surface area contributed by atoms with Crippen LogP contribution >= 0.6 is 15.9 Å². The van der Waals surface area contributed by atoms with Crippen LogP contribution in [-0.2, 0) is 9.59 Å². The summed E-state index contributed by atoms with van der Waals surface area (Å²) in [5.74, 6) is 0.812. The van der Waals surface area contributed by atoms with E-state index in [2.05, 4.69) is 26.5 Å². The van der Waals surface area contributed by atoms with Gasteiger partial charge in [-0.25, -0.2) is 5.43 Å². The molecule has 1 atom stereocenters. The molecule has 3 N–H and O–H groups in total. The van der Waals surface area contributed by atoms with E-state index >= 15 is 0 Å². The highest BCUT2D eigenvalue weighted by atomic mass is 79.9. The van der Waals surface area contributed by atoms with Crippen LogP contribution in [0.2, 0.25) is 0 Å². The van der Waals surface area contributed by atoms with Crippen LogP contribution < -0.4 is 30.1 Å². The van der Waals surface area contributed by atoms with Gasteiger partial charge in [0.25, 0.3) is 11.8 Å². The number of rotatable bonds is 8. The van der Waals surface area contributed by atoms with Gasteiger partial charge in [-0.05, 0) is 52.7 Å². The van der Waals surface area contributed by atoms with Crippen LogP contribution in [0.5, 0.6) is 23.0 Å². The molecule has 0 spiro atoms. The van der Waals surface area contributed by atoms with E-state index in [0.717, 1.165) is 0 Å². The number of fused-ring (bicyclic) bond motifs is 1. The molecule has 2 aromatic rings. The van der Waals surface area contributed by atoms with Crippen molar-refractivity contribution in [3.8, 4) is 23.0 Å². The maximum Gasteiger partial charge on any atom is 0.284 e. The second kappa shape index (κ2) is 9.97. The first-order valence-electron chi connectivity index (χ1n) is 9.06. The van der Waals surface area contributed by atoms with Gasteiger partial charge in [-0.3, -0.25) is 9.59 Å². The summed E-state index contributed by atoms with van der Waals surface area (Å²) in [7, 11) is 0. The van der Waals surface area contributed by atoms with E-state index in [9.17, 15) is 9.59 Å². The Kier molecular flexibility index (Phi) is 7.12. The second-order valence-corrected chi connectivity index (χ2v) is 6.97. The van der Waals surface area contributed by atoms with Crippen LogP contribution in [0.1, 0.15) is 12.5 Å². The number of para-hydroxylation sites is 2. The Labute approximate surface area is 181 Å². The Morgan fingerprint density at radius 3 is 2.80 bits per heavy atom. The number of ether oxygens (including phenoxy) is 4. The number of hydrogen-bond acceptors (Lipinski definition) is 7. The van der Waals surface area contributed by atoms with Gasteiger partial charge in [0.1, 0.15) is 6.61 Å². The van der Waals surface area contributed by atoms with Gasteiger partial charge in [0.15, 0.2) is 29.6 Å². The Hall–Kier alpha value is -3.27. The zero-order valence-corrected chi connectivity index (χ0v) is 17.7. The molecule has 10 heteroatoms. The van der Waals surface area contributed by atoms with Gasteiger partial charge in [-0.15, -0.1) is 0 Å². The standard InChI is InChI=1S/C20H20BrN3O6/c1-2-27-16-8-12(7-13(21)19(16)29-11-18(22)25)9-23-24-20(26)17-10-28-14-5-3-4-6-15(14)30-17/h3-9,17H,2,10-11H2,1H3,(H2,22,25)(H,24,26)/t17-/m1/s1. The van der Waals surface area contributed by atoms with E-state index in [1.54, 1.807) is 30.3 Å². The number of hydrogen-bond donors (Lipinski definition) is 2. The van der Waals surface area contributed by atoms with E-state index in [0.29, 0.717) is 39.6 Å². The molecule has 9 nitrogen and oxygen atoms in total. The summed E-state index contributed by atoms with van der Waals surface area (Å²) in [5.41, 5.74) is 8.19. The monoisotopic (exact) mass is 477 g/mol. The molecule has 0 saturated heterocycles. The van der Waals surface area contributed by atoms with Crippen molar-refractivity contribution < 1.29 is 28.5 Å². The van der Waals surface area contributed by atoms with E-state index in [4.69, 9.17) is 24.7 Å². The molecule has 0 aliphatic carbocycles. The topological polar surface area (TPSA) is 121 Å². The number of halogens is 1. The average Bonchev–Trinajstić information content (AvgIpc) is 2.72. The van der Waals surface area contributed by atoms with Crippen LogP contribution in [0, 0.1) is 0 Å². The molecule has 0 aromatic heterocycles. The van der Waals surface area contributed by atoms with Gasteiger partial charge in [0, 0.05) is 0 Å². The van der Waals surface area contributed by atoms with Crippen molar-refractivity contribution in [2.24, 2.45) is 10.8 Å². The van der Waals surface area contributed by atoms with Gasteiger partial charge in [-0.2, -0.15) is 5.10 Å². The number of nitrogens with one attached hydrogen (secondary N) is 1. The molecular formula is C20H20BrN3O6. The Morgan fingerprint density at radius 1 is 1.30 bits per heavy atom. The van der Waals surface area contributed by atoms with Gasteiger partial charge >= 0.3 is 0 Å². The maximum absolute atomic E-state index is 12.3. The van der Waals surface area contributed by atoms with Gasteiger partial charge < -0.3 is 24.7 Å². The summed E-state index contributed by atoms with van der Waals surface area (Å²) in [4.78, 5) is 23.3. The largest absolute Gasteiger partial charge is 0.490 e. The van der Waals surface area contributed by atoms with E-state index in [1.165, 1.54) is 6.21 Å². The number of carbonyl (C=O) groups is 2. The van der Waals surface area contributed by atoms with Crippen molar-refractivity contribution in [2.45, 2.75) is 13.0 Å². The quantitative estimate of drug-likeness (QED) is 0.442. The first-order valence-corrected chi connectivity index (χ1v) is 9.86. The second-order valence-electron chi connectivity index (χ2n) is 6.12. The molecule has 0 fully saturated rings. The molecule has 30 heavy (non-hydrogen) atoms. The van der Waals surface area contributed by atoms with Gasteiger partial charge in [-0.1, -0.05) is 12.1 Å². The van der Waals surface area contributed by atoms with Crippen LogP contribution in [0.4, 0.5) is 0 Å². The van der Waals surface area contributed by atoms with Crippen molar-refractivity contribution in [3.63, 3.8) is 0 Å². The Bertz CT molecular complexity index is 966. The molecule has 1 aliphatic heterocycles. The first-order chi connectivity index (χ1) is 14.5. The summed E-state index contributed by atoms with van der Waals surface area (Å²) in [6, 6.07) is 10.5. The van der Waals surface area contributed by atoms with Crippen molar-refractivity contribution in [1.82, 2.24) is 5.43 Å². The smallest absolute Gasteiger partial charge is 0.284 e. The Balaban J connectivity index is 1.65. The highest BCUT2D eigenvalue weighted by Crippen LogP contribution is 2.36. The minimum absolute atomic E-state index is 0.0876. The van der Waals surface area contributed by atoms with Crippen molar-refractivity contribution >= 4 is 34.0 Å². The zero-order valence-electron chi connectivity index (χ0n) is 16.1. The van der Waals surface area contributed by atoms with E-state index in [1.807, 2.05) is 13.0 Å². The van der Waals surface area contributed by atoms with Gasteiger partial charge in [0.2, 0.25) is 6.10 Å². The lowest BCUT2D eigenvalue weighted by molar-refractivity contribution is -0.130. The molecule has 2 aromatic carbocycles. The molecule has 1 heterocycles. The summed E-state index contributed by atoms with van der Waals surface area (Å²) >= 11 is 3.37. The van der Waals surface area contributed by atoms with Crippen LogP contribution in [0.3, 0.4) is 0 Å². The molecule has 0 radical (unpaired) electrons. The lowest BCUT2D eigenvalue weighted by Gasteiger charge is -2.24. The summed E-state index contributed by atoms with van der Waals surface area (Å²) < 4.78 is 22.7. The summed E-state index contributed by atoms with van der Waals surface area (Å²) in [6.07, 6.45) is 0.632. The lowest BCUT2D eigenvalue weighted by Crippen LogP contribution is -2.42. The van der Waals surface area contributed by atoms with Gasteiger partial charge in [0.05, 0.1) is 17.3 Å². The third kappa shape index (κ3) is 5.41. The van der Waals surface area contributed by atoms with Crippen LogP contribution in [0.15, 0.2) is 46.0 Å². The fourth-order valence-corrected chi connectivity index (χ4v) is 3.17. The predicted molar refractivity (Wildman–Crippen MR) is 112 cm³/mol. The fourth-order valence-electron chi connectivity index (χ4n) is 2.60. The average molecular weight is 478 g/mol. The van der Waals surface area contributed by atoms with Crippen LogP contribution in [0.25, 0.3) is 0 Å². The SMILES string of the molecule is CCOc1cc(C=NNC(=O)[C@H]2COc3ccccc3O2)cc(Br)c1OCC(N)=O. The molecule has 1 aliphatic rings. The molecule has 0 unspecified atom stereocenters. The van der Waals surface area contributed by atoms with Crippen molar-refractivity contribution in [2.75, 3.05) is 19.8 Å². The number of carbonyl (C=O) groups excluding carboxylic acids is 2. The number of nitrogens with two attached hydrogens (primary N) is 1. The normalized spacial score (nSPS) is 14.9. The highest BCUT2D eigenvalue weighted by molar-refractivity contribution is 9.10. The molecule has 3 rings (SSSR count). The summed E-state index contributed by atoms with van der Waals surface area (Å²) in [5, 5.41) is 3.97. The Morgan fingerprint density at radius 2 is 2.07 bits per heavy atom. The first kappa shape index (κ1) is 21.4. The fraction of sp³-hybridized carbons (Fsp3) is 0.250. The van der Waals surface area contributed by atoms with Crippen molar-refractivity contribution in [3.05, 3.63) is 46.4 Å².